The molecular formula is C15H18N2O. The van der Waals surface area contributed by atoms with Gasteiger partial charge in [0.15, 0.2) is 0 Å². The van der Waals surface area contributed by atoms with E-state index in [1.165, 1.54) is 25.0 Å². The van der Waals surface area contributed by atoms with Gasteiger partial charge in [0.25, 0.3) is 0 Å². The summed E-state index contributed by atoms with van der Waals surface area (Å²) >= 11 is 0. The van der Waals surface area contributed by atoms with Crippen molar-refractivity contribution in [2.75, 3.05) is 6.61 Å². The number of azo groups is 1. The van der Waals surface area contributed by atoms with Crippen molar-refractivity contribution in [1.29, 1.82) is 0 Å². The fraction of sp³-hybridized carbons (Fsp3) is 0.467. The van der Waals surface area contributed by atoms with Crippen LogP contribution < -0.4 is 4.74 Å². The van der Waals surface area contributed by atoms with Crippen molar-refractivity contribution in [3.63, 3.8) is 0 Å². The second-order valence-electron chi connectivity index (χ2n) is 4.99. The van der Waals surface area contributed by atoms with Crippen LogP contribution in [0.25, 0.3) is 0 Å². The lowest BCUT2D eigenvalue weighted by Gasteiger charge is -2.06. The summed E-state index contributed by atoms with van der Waals surface area (Å²) in [6.45, 7) is 2.67. The molecule has 0 heterocycles. The second-order valence-corrected chi connectivity index (χ2v) is 4.99. The summed E-state index contributed by atoms with van der Waals surface area (Å²) < 4.78 is 5.40. The highest BCUT2D eigenvalue weighted by atomic mass is 16.5. The van der Waals surface area contributed by atoms with Gasteiger partial charge in [-0.25, -0.2) is 0 Å². The fourth-order valence-electron chi connectivity index (χ4n) is 2.82. The zero-order valence-electron chi connectivity index (χ0n) is 10.7. The summed E-state index contributed by atoms with van der Waals surface area (Å²) in [6, 6.07) is 7.77. The van der Waals surface area contributed by atoms with Gasteiger partial charge in [0, 0.05) is 5.92 Å². The molecule has 0 aliphatic heterocycles. The van der Waals surface area contributed by atoms with E-state index in [4.69, 9.17) is 4.74 Å². The standard InChI is InChI=1S/C15H18N2O/c1-2-18-14-7-5-13(6-8-14)16-17-15-10-11-3-4-12(15)9-11/h5-8,10-12H,2-4,9H2,1H3. The van der Waals surface area contributed by atoms with E-state index in [1.807, 2.05) is 31.2 Å². The van der Waals surface area contributed by atoms with Crippen LogP contribution in [0.5, 0.6) is 5.75 Å². The van der Waals surface area contributed by atoms with Crippen molar-refractivity contribution in [1.82, 2.24) is 0 Å². The average molecular weight is 242 g/mol. The van der Waals surface area contributed by atoms with Crippen molar-refractivity contribution >= 4 is 5.69 Å². The van der Waals surface area contributed by atoms with Crippen molar-refractivity contribution < 1.29 is 4.74 Å². The molecule has 0 radical (unpaired) electrons. The Balaban J connectivity index is 1.67. The molecule has 0 aromatic heterocycles. The van der Waals surface area contributed by atoms with Crippen molar-refractivity contribution in [2.45, 2.75) is 26.2 Å². The van der Waals surface area contributed by atoms with E-state index in [2.05, 4.69) is 16.3 Å². The Labute approximate surface area is 108 Å². The van der Waals surface area contributed by atoms with Crippen LogP contribution in [0.15, 0.2) is 46.3 Å². The zero-order valence-corrected chi connectivity index (χ0v) is 10.7. The minimum absolute atomic E-state index is 0.668. The van der Waals surface area contributed by atoms with E-state index in [0.717, 1.165) is 17.4 Å². The maximum atomic E-state index is 5.40. The first kappa shape index (κ1) is 11.5. The first-order valence-corrected chi connectivity index (χ1v) is 6.71. The second kappa shape index (κ2) is 4.92. The summed E-state index contributed by atoms with van der Waals surface area (Å²) in [6.07, 6.45) is 6.22. The number of hydrogen-bond acceptors (Lipinski definition) is 3. The predicted octanol–water partition coefficient (Wildman–Crippen LogP) is 4.48. The van der Waals surface area contributed by atoms with Gasteiger partial charge in [0.05, 0.1) is 18.0 Å². The number of nitrogens with zero attached hydrogens (tertiary/aromatic N) is 2. The van der Waals surface area contributed by atoms with Crippen molar-refractivity contribution in [2.24, 2.45) is 22.1 Å². The highest BCUT2D eigenvalue weighted by Gasteiger charge is 2.32. The summed E-state index contributed by atoms with van der Waals surface area (Å²) in [4.78, 5) is 0. The number of benzene rings is 1. The van der Waals surface area contributed by atoms with Crippen LogP contribution in [0.1, 0.15) is 26.2 Å². The lowest BCUT2D eigenvalue weighted by Crippen LogP contribution is -1.93. The number of allylic oxidation sites excluding steroid dienone is 2. The Morgan fingerprint density at radius 1 is 1.17 bits per heavy atom. The number of fused-ring (bicyclic) bond motifs is 2. The minimum Gasteiger partial charge on any atom is -0.494 e. The molecular weight excluding hydrogens is 224 g/mol. The quantitative estimate of drug-likeness (QED) is 0.716. The highest BCUT2D eigenvalue weighted by molar-refractivity contribution is 5.40. The van der Waals surface area contributed by atoms with Gasteiger partial charge in [-0.05, 0) is 56.4 Å². The number of ether oxygens (including phenoxy) is 1. The monoisotopic (exact) mass is 242 g/mol. The Morgan fingerprint density at radius 2 is 2.00 bits per heavy atom. The molecule has 2 unspecified atom stereocenters. The van der Waals surface area contributed by atoms with Crippen molar-refractivity contribution in [3.8, 4) is 5.75 Å². The molecule has 0 amide bonds. The van der Waals surface area contributed by atoms with E-state index in [-0.39, 0.29) is 0 Å². The molecule has 1 aromatic carbocycles. The molecule has 1 aromatic rings. The molecule has 3 heteroatoms. The molecule has 1 saturated carbocycles. The molecule has 2 aliphatic carbocycles. The van der Waals surface area contributed by atoms with E-state index < -0.39 is 0 Å². The van der Waals surface area contributed by atoms with Gasteiger partial charge < -0.3 is 4.74 Å². The normalized spacial score (nSPS) is 25.7. The van der Waals surface area contributed by atoms with Gasteiger partial charge in [-0.2, -0.15) is 10.2 Å². The molecule has 1 fully saturated rings. The van der Waals surface area contributed by atoms with Gasteiger partial charge >= 0.3 is 0 Å². The van der Waals surface area contributed by atoms with Crippen molar-refractivity contribution in [3.05, 3.63) is 36.0 Å². The predicted molar refractivity (Wildman–Crippen MR) is 71.0 cm³/mol. The van der Waals surface area contributed by atoms with E-state index in [0.29, 0.717) is 12.5 Å². The molecule has 0 spiro atoms. The lowest BCUT2D eigenvalue weighted by atomic mass is 10.1. The van der Waals surface area contributed by atoms with Crippen LogP contribution in [0.3, 0.4) is 0 Å². The lowest BCUT2D eigenvalue weighted by molar-refractivity contribution is 0.340. The van der Waals surface area contributed by atoms with Gasteiger partial charge in [-0.1, -0.05) is 6.08 Å². The molecule has 18 heavy (non-hydrogen) atoms. The van der Waals surface area contributed by atoms with Crippen LogP contribution >= 0.6 is 0 Å². The SMILES string of the molecule is CCOc1ccc(N=NC2=CC3CCC2C3)cc1. The van der Waals surface area contributed by atoms with Crippen LogP contribution in [0.2, 0.25) is 0 Å². The molecule has 3 nitrogen and oxygen atoms in total. The Hall–Kier alpha value is -1.64. The molecule has 0 saturated heterocycles. The van der Waals surface area contributed by atoms with E-state index in [1.54, 1.807) is 0 Å². The maximum Gasteiger partial charge on any atom is 0.119 e. The summed E-state index contributed by atoms with van der Waals surface area (Å²) in [5.74, 6) is 2.32. The topological polar surface area (TPSA) is 34.0 Å². The van der Waals surface area contributed by atoms with E-state index in [9.17, 15) is 0 Å². The molecule has 3 rings (SSSR count). The van der Waals surface area contributed by atoms with Gasteiger partial charge in [0.2, 0.25) is 0 Å². The first-order chi connectivity index (χ1) is 8.85. The smallest absolute Gasteiger partial charge is 0.119 e. The van der Waals surface area contributed by atoms with Crippen LogP contribution in [0, 0.1) is 11.8 Å². The molecule has 94 valence electrons. The third kappa shape index (κ3) is 2.30. The molecule has 0 N–H and O–H groups in total. The van der Waals surface area contributed by atoms with Crippen LogP contribution in [0.4, 0.5) is 5.69 Å². The Kier molecular flexibility index (Phi) is 3.13. The third-order valence-corrected chi connectivity index (χ3v) is 3.73. The number of rotatable bonds is 4. The summed E-state index contributed by atoms with van der Waals surface area (Å²) in [5, 5.41) is 8.71. The van der Waals surface area contributed by atoms with E-state index >= 15 is 0 Å². The van der Waals surface area contributed by atoms with Gasteiger partial charge in [0.1, 0.15) is 5.75 Å². The number of hydrogen-bond donors (Lipinski definition) is 0. The molecule has 2 bridgehead atoms. The fourth-order valence-corrected chi connectivity index (χ4v) is 2.82. The zero-order chi connectivity index (χ0) is 12.4. The average Bonchev–Trinajstić information content (AvgIpc) is 3.00. The Bertz CT molecular complexity index is 476. The van der Waals surface area contributed by atoms with Gasteiger partial charge in [-0.15, -0.1) is 0 Å². The van der Waals surface area contributed by atoms with Gasteiger partial charge in [-0.3, -0.25) is 0 Å². The highest BCUT2D eigenvalue weighted by Crippen LogP contribution is 2.44. The Morgan fingerprint density at radius 3 is 2.61 bits per heavy atom. The molecule has 2 atom stereocenters. The molecule has 2 aliphatic rings. The maximum absolute atomic E-state index is 5.40. The summed E-state index contributed by atoms with van der Waals surface area (Å²) in [7, 11) is 0. The largest absolute Gasteiger partial charge is 0.494 e. The third-order valence-electron chi connectivity index (χ3n) is 3.73. The van der Waals surface area contributed by atoms with Crippen LogP contribution in [-0.2, 0) is 0 Å². The summed E-state index contributed by atoms with van der Waals surface area (Å²) in [5.41, 5.74) is 2.09. The first-order valence-electron chi connectivity index (χ1n) is 6.71. The van der Waals surface area contributed by atoms with Crippen LogP contribution in [-0.4, -0.2) is 6.61 Å². The minimum atomic E-state index is 0.668.